The Morgan fingerprint density at radius 1 is 1.03 bits per heavy atom. The van der Waals surface area contributed by atoms with Gasteiger partial charge >= 0.3 is 0 Å². The standard InChI is InChI=1S/C26H35N3O/c1-17-2-3-21-12-22(25(28-24(21)8-17)29-6-4-23(30)5-7-29)16-27-26-13-18-9-19(14-26)11-20(10-18)15-26/h2-3,8,12,18-20,23,27,30H,4-7,9-11,13-16H2,1H3. The van der Waals surface area contributed by atoms with Gasteiger partial charge in [0, 0.05) is 36.1 Å². The molecular weight excluding hydrogens is 370 g/mol. The summed E-state index contributed by atoms with van der Waals surface area (Å²) < 4.78 is 0. The van der Waals surface area contributed by atoms with E-state index in [1.807, 2.05) is 0 Å². The summed E-state index contributed by atoms with van der Waals surface area (Å²) in [5, 5.41) is 15.3. The number of pyridine rings is 1. The molecule has 4 nitrogen and oxygen atoms in total. The van der Waals surface area contributed by atoms with Crippen LogP contribution in [0, 0.1) is 24.7 Å². The molecule has 1 saturated heterocycles. The van der Waals surface area contributed by atoms with E-state index in [-0.39, 0.29) is 6.10 Å². The Morgan fingerprint density at radius 2 is 1.70 bits per heavy atom. The molecule has 4 aliphatic carbocycles. The first-order valence-corrected chi connectivity index (χ1v) is 12.1. The molecular formula is C26H35N3O. The van der Waals surface area contributed by atoms with Crippen LogP contribution in [-0.2, 0) is 6.54 Å². The molecule has 1 aliphatic heterocycles. The Bertz CT molecular complexity index is 911. The summed E-state index contributed by atoms with van der Waals surface area (Å²) in [7, 11) is 0. The van der Waals surface area contributed by atoms with Gasteiger partial charge in [-0.25, -0.2) is 4.98 Å². The molecule has 30 heavy (non-hydrogen) atoms. The average Bonchev–Trinajstić information content (AvgIpc) is 2.71. The Morgan fingerprint density at radius 3 is 2.37 bits per heavy atom. The molecule has 0 amide bonds. The van der Waals surface area contributed by atoms with Crippen molar-refractivity contribution < 1.29 is 5.11 Å². The summed E-state index contributed by atoms with van der Waals surface area (Å²) >= 11 is 0. The van der Waals surface area contributed by atoms with Crippen molar-refractivity contribution in [2.75, 3.05) is 18.0 Å². The Hall–Kier alpha value is -1.65. The van der Waals surface area contributed by atoms with Gasteiger partial charge in [0.1, 0.15) is 5.82 Å². The molecule has 0 atom stereocenters. The summed E-state index contributed by atoms with van der Waals surface area (Å²) in [6.07, 6.45) is 10.1. The average molecular weight is 406 g/mol. The third-order valence-corrected chi connectivity index (χ3v) is 8.49. The van der Waals surface area contributed by atoms with E-state index in [1.54, 1.807) is 0 Å². The number of aliphatic hydroxyl groups excluding tert-OH is 1. The number of hydrogen-bond acceptors (Lipinski definition) is 4. The van der Waals surface area contributed by atoms with E-state index in [0.29, 0.717) is 5.54 Å². The first-order chi connectivity index (χ1) is 14.6. The van der Waals surface area contributed by atoms with Crippen molar-refractivity contribution in [3.8, 4) is 0 Å². The summed E-state index contributed by atoms with van der Waals surface area (Å²) in [6, 6.07) is 8.98. The first kappa shape index (κ1) is 19.1. The number of fused-ring (bicyclic) bond motifs is 1. The van der Waals surface area contributed by atoms with E-state index in [2.05, 4.69) is 41.4 Å². The second-order valence-electron chi connectivity index (χ2n) is 10.9. The Labute approximate surface area is 180 Å². The quantitative estimate of drug-likeness (QED) is 0.783. The molecule has 0 unspecified atom stereocenters. The zero-order chi connectivity index (χ0) is 20.3. The van der Waals surface area contributed by atoms with Crippen LogP contribution in [0.15, 0.2) is 24.3 Å². The van der Waals surface area contributed by atoms with Gasteiger partial charge in [0.05, 0.1) is 11.6 Å². The predicted octanol–water partition coefficient (Wildman–Crippen LogP) is 4.56. The zero-order valence-corrected chi connectivity index (χ0v) is 18.2. The highest BCUT2D eigenvalue weighted by atomic mass is 16.3. The second kappa shape index (κ2) is 7.20. The molecule has 2 aromatic rings. The lowest BCUT2D eigenvalue weighted by Gasteiger charge is -2.57. The van der Waals surface area contributed by atoms with E-state index in [9.17, 15) is 5.11 Å². The number of rotatable bonds is 4. The van der Waals surface area contributed by atoms with Crippen molar-refractivity contribution >= 4 is 16.7 Å². The minimum absolute atomic E-state index is 0.155. The van der Waals surface area contributed by atoms with Gasteiger partial charge in [0.25, 0.3) is 0 Å². The van der Waals surface area contributed by atoms with Gasteiger partial charge in [-0.2, -0.15) is 0 Å². The second-order valence-corrected chi connectivity index (χ2v) is 10.9. The normalized spacial score (nSPS) is 33.5. The van der Waals surface area contributed by atoms with Crippen LogP contribution >= 0.6 is 0 Å². The molecule has 5 fully saturated rings. The fourth-order valence-corrected chi connectivity index (χ4v) is 7.40. The van der Waals surface area contributed by atoms with E-state index in [0.717, 1.165) is 61.6 Å². The van der Waals surface area contributed by atoms with Gasteiger partial charge < -0.3 is 15.3 Å². The van der Waals surface area contributed by atoms with E-state index in [1.165, 1.54) is 55.0 Å². The highest BCUT2D eigenvalue weighted by Gasteiger charge is 2.50. The fourth-order valence-electron chi connectivity index (χ4n) is 7.40. The Balaban J connectivity index is 1.31. The maximum absolute atomic E-state index is 9.99. The highest BCUT2D eigenvalue weighted by molar-refractivity contribution is 5.82. The molecule has 2 N–H and O–H groups in total. The summed E-state index contributed by atoms with van der Waals surface area (Å²) in [5.41, 5.74) is 4.05. The number of hydrogen-bond donors (Lipinski definition) is 2. The fraction of sp³-hybridized carbons (Fsp3) is 0.654. The highest BCUT2D eigenvalue weighted by Crippen LogP contribution is 2.55. The minimum atomic E-state index is -0.155. The number of nitrogens with zero attached hydrogens (tertiary/aromatic N) is 2. The number of nitrogens with one attached hydrogen (secondary N) is 1. The molecule has 7 rings (SSSR count). The molecule has 1 aromatic heterocycles. The smallest absolute Gasteiger partial charge is 0.133 e. The summed E-state index contributed by atoms with van der Waals surface area (Å²) in [5.74, 6) is 4.02. The number of piperidine rings is 1. The zero-order valence-electron chi connectivity index (χ0n) is 18.2. The van der Waals surface area contributed by atoms with Crippen molar-refractivity contribution in [2.45, 2.75) is 76.5 Å². The molecule has 160 valence electrons. The maximum Gasteiger partial charge on any atom is 0.133 e. The van der Waals surface area contributed by atoms with Gasteiger partial charge in [-0.05, 0) is 93.7 Å². The lowest BCUT2D eigenvalue weighted by molar-refractivity contribution is -0.0205. The molecule has 4 heteroatoms. The van der Waals surface area contributed by atoms with Crippen LogP contribution in [0.1, 0.15) is 62.5 Å². The van der Waals surface area contributed by atoms with Gasteiger partial charge in [0.15, 0.2) is 0 Å². The third-order valence-electron chi connectivity index (χ3n) is 8.49. The predicted molar refractivity (Wildman–Crippen MR) is 122 cm³/mol. The van der Waals surface area contributed by atoms with Crippen LogP contribution in [0.25, 0.3) is 10.9 Å². The van der Waals surface area contributed by atoms with E-state index in [4.69, 9.17) is 4.98 Å². The van der Waals surface area contributed by atoms with Crippen LogP contribution in [0.5, 0.6) is 0 Å². The van der Waals surface area contributed by atoms with Crippen molar-refractivity contribution in [1.29, 1.82) is 0 Å². The maximum atomic E-state index is 9.99. The molecule has 0 radical (unpaired) electrons. The van der Waals surface area contributed by atoms with Crippen LogP contribution in [-0.4, -0.2) is 34.8 Å². The van der Waals surface area contributed by atoms with Crippen LogP contribution < -0.4 is 10.2 Å². The molecule has 5 aliphatic rings. The van der Waals surface area contributed by atoms with Gasteiger partial charge in [-0.1, -0.05) is 12.1 Å². The van der Waals surface area contributed by atoms with Gasteiger partial charge in [0.2, 0.25) is 0 Å². The van der Waals surface area contributed by atoms with Gasteiger partial charge in [-0.15, -0.1) is 0 Å². The lowest BCUT2D eigenvalue weighted by Crippen LogP contribution is -2.58. The van der Waals surface area contributed by atoms with E-state index < -0.39 is 0 Å². The summed E-state index contributed by atoms with van der Waals surface area (Å²) in [4.78, 5) is 7.56. The molecule has 2 heterocycles. The van der Waals surface area contributed by atoms with Crippen molar-refractivity contribution in [2.24, 2.45) is 17.8 Å². The van der Waals surface area contributed by atoms with Crippen molar-refractivity contribution in [3.63, 3.8) is 0 Å². The van der Waals surface area contributed by atoms with Crippen LogP contribution in [0.4, 0.5) is 5.82 Å². The number of aliphatic hydroxyl groups is 1. The van der Waals surface area contributed by atoms with Gasteiger partial charge in [-0.3, -0.25) is 0 Å². The number of aromatic nitrogens is 1. The SMILES string of the molecule is Cc1ccc2cc(CNC34CC5CC(CC(C5)C3)C4)c(N3CCC(O)CC3)nc2c1. The van der Waals surface area contributed by atoms with Crippen LogP contribution in [0.3, 0.4) is 0 Å². The van der Waals surface area contributed by atoms with Crippen LogP contribution in [0.2, 0.25) is 0 Å². The molecule has 0 spiro atoms. The number of benzene rings is 1. The minimum Gasteiger partial charge on any atom is -0.393 e. The topological polar surface area (TPSA) is 48.4 Å². The molecule has 4 saturated carbocycles. The molecule has 4 bridgehead atoms. The largest absolute Gasteiger partial charge is 0.393 e. The summed E-state index contributed by atoms with van der Waals surface area (Å²) in [6.45, 7) is 4.85. The number of aryl methyl sites for hydroxylation is 1. The third kappa shape index (κ3) is 3.42. The first-order valence-electron chi connectivity index (χ1n) is 12.1. The van der Waals surface area contributed by atoms with Crippen molar-refractivity contribution in [3.05, 3.63) is 35.4 Å². The molecule has 1 aromatic carbocycles. The lowest BCUT2D eigenvalue weighted by atomic mass is 9.53. The van der Waals surface area contributed by atoms with Crippen molar-refractivity contribution in [1.82, 2.24) is 10.3 Å². The Kier molecular flexibility index (Phi) is 4.58. The monoisotopic (exact) mass is 405 g/mol. The number of anilines is 1. The van der Waals surface area contributed by atoms with E-state index >= 15 is 0 Å².